The van der Waals surface area contributed by atoms with Crippen LogP contribution in [-0.4, -0.2) is 31.7 Å². The van der Waals surface area contributed by atoms with Gasteiger partial charge in [0.1, 0.15) is 11.3 Å². The molecule has 1 aliphatic carbocycles. The number of para-hydroxylation sites is 2. The highest BCUT2D eigenvalue weighted by Crippen LogP contribution is 2.50. The van der Waals surface area contributed by atoms with Crippen LogP contribution in [0.3, 0.4) is 0 Å². The molecule has 9 rings (SSSR count). The molecule has 2 heterocycles. The topological polar surface area (TPSA) is 63.0 Å². The van der Waals surface area contributed by atoms with Gasteiger partial charge in [0.15, 0.2) is 13.2 Å². The summed E-state index contributed by atoms with van der Waals surface area (Å²) >= 11 is 3.46. The number of hydrogen-bond acceptors (Lipinski definition) is 8. The molecule has 2 aliphatic rings. The van der Waals surface area contributed by atoms with Crippen LogP contribution in [0.2, 0.25) is 0 Å². The summed E-state index contributed by atoms with van der Waals surface area (Å²) in [4.78, 5) is 30.0. The van der Waals surface area contributed by atoms with Crippen molar-refractivity contribution in [3.05, 3.63) is 204 Å². The van der Waals surface area contributed by atoms with E-state index in [4.69, 9.17) is 9.47 Å². The van der Waals surface area contributed by atoms with Crippen molar-refractivity contribution in [1.82, 2.24) is 0 Å². The minimum absolute atomic E-state index is 0.224. The summed E-state index contributed by atoms with van der Waals surface area (Å²) in [5, 5.41) is 6.74. The molecule has 62 heavy (non-hydrogen) atoms. The highest BCUT2D eigenvalue weighted by molar-refractivity contribution is 8.03. The zero-order valence-corrected chi connectivity index (χ0v) is 35.7. The molecule has 0 atom stereocenters. The first-order chi connectivity index (χ1) is 30.5. The van der Waals surface area contributed by atoms with Crippen LogP contribution in [0.1, 0.15) is 17.8 Å². The molecule has 0 unspecified atom stereocenters. The van der Waals surface area contributed by atoms with Gasteiger partial charge in [0.2, 0.25) is 5.52 Å². The maximum Gasteiger partial charge on any atom is 0.330 e. The molecule has 0 saturated carbocycles. The van der Waals surface area contributed by atoms with E-state index in [2.05, 4.69) is 173 Å². The van der Waals surface area contributed by atoms with Crippen LogP contribution in [0.25, 0.3) is 37.8 Å². The highest BCUT2D eigenvalue weighted by atomic mass is 32.2. The summed E-state index contributed by atoms with van der Waals surface area (Å²) in [5.74, 6) is -0.868. The third-order valence-corrected chi connectivity index (χ3v) is 13.3. The van der Waals surface area contributed by atoms with Gasteiger partial charge in [-0.15, -0.1) is 0 Å². The van der Waals surface area contributed by atoms with Gasteiger partial charge < -0.3 is 19.3 Å². The Morgan fingerprint density at radius 1 is 0.694 bits per heavy atom. The van der Waals surface area contributed by atoms with Crippen LogP contribution in [-0.2, 0) is 25.6 Å². The average Bonchev–Trinajstić information content (AvgIpc) is 4.01. The first-order valence-electron chi connectivity index (χ1n) is 20.6. The SMILES string of the molecule is C=CC(=O)OCCN1C(=CC=C2CCC(C=Cc3sc4ccc5ccccc5c4[n+]3CCOC(=O)C=C)=C2N(c2ccccc2)c2ccccc2)Sc2ccc3ccccc3c21. The molecule has 0 N–H and O–H groups in total. The molecule has 0 fully saturated rings. The van der Waals surface area contributed by atoms with Gasteiger partial charge in [0, 0.05) is 39.9 Å². The van der Waals surface area contributed by atoms with Crippen molar-refractivity contribution in [1.29, 1.82) is 0 Å². The predicted octanol–water partition coefficient (Wildman–Crippen LogP) is 12.2. The number of thioether (sulfide) groups is 1. The van der Waals surface area contributed by atoms with E-state index in [1.54, 1.807) is 23.1 Å². The van der Waals surface area contributed by atoms with Crippen molar-refractivity contribution >= 4 is 89.9 Å². The Labute approximate surface area is 369 Å². The van der Waals surface area contributed by atoms with Crippen LogP contribution in [0.5, 0.6) is 0 Å². The third kappa shape index (κ3) is 8.25. The highest BCUT2D eigenvalue weighted by Gasteiger charge is 2.30. The van der Waals surface area contributed by atoms with Crippen LogP contribution in [0.4, 0.5) is 17.1 Å². The van der Waals surface area contributed by atoms with Crippen molar-refractivity contribution < 1.29 is 23.6 Å². The van der Waals surface area contributed by atoms with Gasteiger partial charge in [0.05, 0.1) is 28.3 Å². The van der Waals surface area contributed by atoms with Crippen LogP contribution in [0.15, 0.2) is 204 Å². The summed E-state index contributed by atoms with van der Waals surface area (Å²) in [6.45, 7) is 8.60. The number of nitrogens with zero attached hydrogens (tertiary/aromatic N) is 3. The van der Waals surface area contributed by atoms with Gasteiger partial charge in [-0.3, -0.25) is 0 Å². The second-order valence-corrected chi connectivity index (χ2v) is 16.9. The van der Waals surface area contributed by atoms with Crippen molar-refractivity contribution in [2.24, 2.45) is 0 Å². The number of hydrogen-bond donors (Lipinski definition) is 0. The molecular formula is C53H44N3O4S2+. The number of benzene rings is 6. The molecule has 7 aromatic rings. The fourth-order valence-corrected chi connectivity index (χ4v) is 10.5. The van der Waals surface area contributed by atoms with Gasteiger partial charge in [-0.2, -0.15) is 4.57 Å². The van der Waals surface area contributed by atoms with Crippen LogP contribution in [0, 0.1) is 0 Å². The maximum atomic E-state index is 12.1. The lowest BCUT2D eigenvalue weighted by molar-refractivity contribution is -0.669. The lowest BCUT2D eigenvalue weighted by Gasteiger charge is -2.28. The molecule has 0 radical (unpaired) electrons. The molecule has 0 bridgehead atoms. The lowest BCUT2D eigenvalue weighted by Crippen LogP contribution is -2.37. The number of carbonyl (C=O) groups is 2. The number of fused-ring (bicyclic) bond motifs is 6. The van der Waals surface area contributed by atoms with Crippen LogP contribution < -0.4 is 14.4 Å². The monoisotopic (exact) mass is 850 g/mol. The smallest absolute Gasteiger partial charge is 0.330 e. The number of thiazole rings is 1. The van der Waals surface area contributed by atoms with E-state index in [9.17, 15) is 9.59 Å². The molecule has 0 saturated heterocycles. The van der Waals surface area contributed by atoms with E-state index < -0.39 is 11.9 Å². The van der Waals surface area contributed by atoms with E-state index in [1.807, 2.05) is 12.1 Å². The molecule has 9 heteroatoms. The number of ether oxygens (including phenoxy) is 2. The third-order valence-electron chi connectivity index (χ3n) is 11.1. The van der Waals surface area contributed by atoms with E-state index in [1.165, 1.54) is 23.3 Å². The normalized spacial score (nSPS) is 15.0. The number of esters is 2. The van der Waals surface area contributed by atoms with Crippen molar-refractivity contribution in [3.63, 3.8) is 0 Å². The van der Waals surface area contributed by atoms with Crippen molar-refractivity contribution in [2.45, 2.75) is 24.3 Å². The summed E-state index contributed by atoms with van der Waals surface area (Å²) in [6.07, 6.45) is 13.1. The minimum Gasteiger partial charge on any atom is -0.461 e. The number of carbonyl (C=O) groups excluding carboxylic acids is 2. The second kappa shape index (κ2) is 18.4. The Morgan fingerprint density at radius 2 is 1.32 bits per heavy atom. The largest absolute Gasteiger partial charge is 0.461 e. The van der Waals surface area contributed by atoms with Gasteiger partial charge in [-0.05, 0) is 89.4 Å². The summed E-state index contributed by atoms with van der Waals surface area (Å²) in [5.41, 5.74) is 7.91. The fraction of sp³-hybridized carbons (Fsp3) is 0.113. The second-order valence-electron chi connectivity index (χ2n) is 14.8. The van der Waals surface area contributed by atoms with Gasteiger partial charge in [-0.25, -0.2) is 9.59 Å². The molecule has 1 aromatic heterocycles. The van der Waals surface area contributed by atoms with Gasteiger partial charge in [0.25, 0.3) is 5.01 Å². The summed E-state index contributed by atoms with van der Waals surface area (Å²) in [7, 11) is 0. The van der Waals surface area contributed by atoms with Crippen molar-refractivity contribution in [2.75, 3.05) is 29.6 Å². The van der Waals surface area contributed by atoms with E-state index in [-0.39, 0.29) is 13.2 Å². The zero-order chi connectivity index (χ0) is 42.4. The van der Waals surface area contributed by atoms with Crippen molar-refractivity contribution in [3.8, 4) is 0 Å². The predicted molar refractivity (Wildman–Crippen MR) is 255 cm³/mol. The number of aromatic nitrogens is 1. The van der Waals surface area contributed by atoms with Gasteiger partial charge >= 0.3 is 11.9 Å². The molecule has 306 valence electrons. The fourth-order valence-electron chi connectivity index (χ4n) is 8.26. The Kier molecular flexibility index (Phi) is 12.0. The number of rotatable bonds is 14. The quantitative estimate of drug-likeness (QED) is 0.0613. The number of allylic oxidation sites excluding steroid dienone is 5. The Morgan fingerprint density at radius 3 is 2.03 bits per heavy atom. The standard InChI is InChI=1S/C53H44N3O4S2/c1-3-49(57)59-35-33-54-47(61-45-29-25-37-15-11-13-21-43(37)52(45)54)31-27-39-23-24-40(51(39)56(41-17-7-5-8-18-41)42-19-9-6-10-20-42)28-32-48-55(34-36-60-50(58)4-2)53-44-22-14-12-16-38(44)26-30-46(53)62-48/h3-22,25-32H,1-2,23-24,33-36H2/q+1. The summed E-state index contributed by atoms with van der Waals surface area (Å²) in [6, 6.07) is 46.6. The maximum absolute atomic E-state index is 12.1. The van der Waals surface area contributed by atoms with E-state index in [0.717, 1.165) is 82.3 Å². The first-order valence-corrected chi connectivity index (χ1v) is 22.3. The lowest BCUT2D eigenvalue weighted by atomic mass is 10.1. The summed E-state index contributed by atoms with van der Waals surface area (Å²) < 4.78 is 14.5. The number of anilines is 3. The van der Waals surface area contributed by atoms with E-state index >= 15 is 0 Å². The molecule has 6 aromatic carbocycles. The molecular weight excluding hydrogens is 807 g/mol. The van der Waals surface area contributed by atoms with Crippen LogP contribution >= 0.6 is 23.1 Å². The Bertz CT molecular complexity index is 2940. The average molecular weight is 851 g/mol. The van der Waals surface area contributed by atoms with E-state index in [0.29, 0.717) is 13.1 Å². The Balaban J connectivity index is 1.17. The first kappa shape index (κ1) is 40.5. The minimum atomic E-state index is -0.434. The molecule has 0 spiro atoms. The molecule has 0 amide bonds. The van der Waals surface area contributed by atoms with Gasteiger partial charge in [-0.1, -0.05) is 133 Å². The molecule has 1 aliphatic heterocycles. The Hall–Kier alpha value is -6.94. The molecule has 7 nitrogen and oxygen atoms in total. The zero-order valence-electron chi connectivity index (χ0n) is 34.1.